The molecule has 0 amide bonds. The number of H-pyrrole nitrogens is 1. The fourth-order valence-corrected chi connectivity index (χ4v) is 0.352. The Morgan fingerprint density at radius 3 is 2.29 bits per heavy atom. The molecule has 7 heavy (non-hydrogen) atoms. The fourth-order valence-electron chi connectivity index (χ4n) is 0.352. The van der Waals surface area contributed by atoms with Gasteiger partial charge in [0.05, 0.1) is 0 Å². The van der Waals surface area contributed by atoms with Gasteiger partial charge in [-0.3, -0.25) is 0 Å². The van der Waals surface area contributed by atoms with Crippen LogP contribution in [0.25, 0.3) is 0 Å². The van der Waals surface area contributed by atoms with E-state index in [9.17, 15) is 0 Å². The number of hydrogen-bond donors (Lipinski definition) is 3. The zero-order valence-corrected chi connectivity index (χ0v) is 3.55. The molecule has 3 heteroatoms. The van der Waals surface area contributed by atoms with Crippen LogP contribution in [0.2, 0.25) is 0 Å². The molecule has 0 aliphatic heterocycles. The molecule has 3 nitrogen and oxygen atoms in total. The summed E-state index contributed by atoms with van der Waals surface area (Å²) in [5, 5.41) is 16.9. The van der Waals surface area contributed by atoms with Crippen molar-refractivity contribution in [2.24, 2.45) is 0 Å². The van der Waals surface area contributed by atoms with Gasteiger partial charge in [0.2, 0.25) is 5.88 Å². The third-order valence-corrected chi connectivity index (χ3v) is 0.704. The number of hydrogen-bond acceptors (Lipinski definition) is 2. The molecule has 0 saturated carbocycles. The number of aromatic hydroxyl groups is 2. The quantitative estimate of drug-likeness (QED) is 0.441. The molecular formula is C4H5NO2. The van der Waals surface area contributed by atoms with E-state index in [-0.39, 0.29) is 11.6 Å². The summed E-state index contributed by atoms with van der Waals surface area (Å²) in [5.41, 5.74) is 0. The van der Waals surface area contributed by atoms with Crippen molar-refractivity contribution in [3.05, 3.63) is 12.3 Å². The molecule has 0 spiro atoms. The van der Waals surface area contributed by atoms with Crippen LogP contribution < -0.4 is 0 Å². The predicted molar refractivity (Wildman–Crippen MR) is 24.1 cm³/mol. The first kappa shape index (κ1) is 4.05. The lowest BCUT2D eigenvalue weighted by atomic mass is 10.6. The van der Waals surface area contributed by atoms with Gasteiger partial charge in [0.25, 0.3) is 0 Å². The van der Waals surface area contributed by atoms with Crippen LogP contribution in [0.1, 0.15) is 0 Å². The Bertz CT molecular complexity index is 142. The number of rotatable bonds is 0. The van der Waals surface area contributed by atoms with Gasteiger partial charge in [-0.15, -0.1) is 0 Å². The Balaban J connectivity index is 3.12. The Hall–Kier alpha value is -1.12. The van der Waals surface area contributed by atoms with E-state index in [2.05, 4.69) is 4.98 Å². The van der Waals surface area contributed by atoms with Crippen molar-refractivity contribution in [1.29, 1.82) is 0 Å². The minimum Gasteiger partial charge on any atom is -0.503 e. The molecule has 38 valence electrons. The maximum atomic E-state index is 8.48. The van der Waals surface area contributed by atoms with E-state index >= 15 is 0 Å². The van der Waals surface area contributed by atoms with E-state index in [1.165, 1.54) is 12.3 Å². The molecule has 0 aliphatic carbocycles. The molecule has 0 unspecified atom stereocenters. The second kappa shape index (κ2) is 1.18. The Labute approximate surface area is 40.2 Å². The highest BCUT2D eigenvalue weighted by atomic mass is 16.3. The van der Waals surface area contributed by atoms with Crippen molar-refractivity contribution in [1.82, 2.24) is 4.98 Å². The highest BCUT2D eigenvalue weighted by Crippen LogP contribution is 2.19. The van der Waals surface area contributed by atoms with Crippen molar-refractivity contribution in [3.8, 4) is 11.6 Å². The van der Waals surface area contributed by atoms with Gasteiger partial charge in [-0.25, -0.2) is 0 Å². The number of aromatic amines is 1. The molecule has 0 aliphatic rings. The van der Waals surface area contributed by atoms with Crippen LogP contribution in [0.5, 0.6) is 11.6 Å². The molecule has 1 rings (SSSR count). The first-order chi connectivity index (χ1) is 3.30. The normalized spacial score (nSPS) is 9.14. The molecule has 1 aromatic heterocycles. The summed E-state index contributed by atoms with van der Waals surface area (Å²) in [7, 11) is 0. The average Bonchev–Trinajstić information content (AvgIpc) is 1.91. The van der Waals surface area contributed by atoms with Crippen molar-refractivity contribution in [3.63, 3.8) is 0 Å². The minimum atomic E-state index is -0.181. The lowest BCUT2D eigenvalue weighted by molar-refractivity contribution is 0.395. The number of nitrogens with one attached hydrogen (secondary N) is 1. The summed E-state index contributed by atoms with van der Waals surface area (Å²) >= 11 is 0. The van der Waals surface area contributed by atoms with Gasteiger partial charge in [0.15, 0.2) is 5.75 Å². The van der Waals surface area contributed by atoms with E-state index in [0.717, 1.165) is 0 Å². The van der Waals surface area contributed by atoms with Crippen LogP contribution in [-0.4, -0.2) is 15.2 Å². The average molecular weight is 99.1 g/mol. The van der Waals surface area contributed by atoms with E-state index in [4.69, 9.17) is 10.2 Å². The fraction of sp³-hybridized carbons (Fsp3) is 0. The third kappa shape index (κ3) is 0.513. The summed E-state index contributed by atoms with van der Waals surface area (Å²) in [4.78, 5) is 2.37. The third-order valence-electron chi connectivity index (χ3n) is 0.704. The zero-order valence-electron chi connectivity index (χ0n) is 3.55. The van der Waals surface area contributed by atoms with E-state index in [0.29, 0.717) is 0 Å². The predicted octanol–water partition coefficient (Wildman–Crippen LogP) is 0.426. The summed E-state index contributed by atoms with van der Waals surface area (Å²) < 4.78 is 0. The summed E-state index contributed by atoms with van der Waals surface area (Å²) in [6.45, 7) is 0. The van der Waals surface area contributed by atoms with Crippen molar-refractivity contribution in [2.75, 3.05) is 0 Å². The van der Waals surface area contributed by atoms with Gasteiger partial charge in [-0.1, -0.05) is 0 Å². The van der Waals surface area contributed by atoms with Gasteiger partial charge in [0, 0.05) is 12.3 Å². The standard InChI is InChI=1S/C4H5NO2/c6-3-1-2-5-4(3)7/h1-2,5-7H. The molecule has 1 heterocycles. The van der Waals surface area contributed by atoms with Crippen molar-refractivity contribution in [2.45, 2.75) is 0 Å². The summed E-state index contributed by atoms with van der Waals surface area (Å²) in [6, 6.07) is 1.37. The monoisotopic (exact) mass is 99.0 g/mol. The van der Waals surface area contributed by atoms with Gasteiger partial charge < -0.3 is 15.2 Å². The van der Waals surface area contributed by atoms with Gasteiger partial charge >= 0.3 is 0 Å². The first-order valence-electron chi connectivity index (χ1n) is 1.86. The molecule has 0 saturated heterocycles. The highest BCUT2D eigenvalue weighted by Gasteiger charge is 1.92. The zero-order chi connectivity index (χ0) is 5.28. The lowest BCUT2D eigenvalue weighted by Crippen LogP contribution is -1.56. The first-order valence-corrected chi connectivity index (χ1v) is 1.86. The van der Waals surface area contributed by atoms with Crippen molar-refractivity contribution >= 4 is 0 Å². The maximum absolute atomic E-state index is 8.48. The van der Waals surface area contributed by atoms with E-state index in [1.54, 1.807) is 0 Å². The Morgan fingerprint density at radius 2 is 2.14 bits per heavy atom. The van der Waals surface area contributed by atoms with E-state index in [1.807, 2.05) is 0 Å². The maximum Gasteiger partial charge on any atom is 0.231 e. The minimum absolute atomic E-state index is 0.111. The number of aromatic nitrogens is 1. The molecular weight excluding hydrogens is 94.0 g/mol. The molecule has 1 aromatic rings. The smallest absolute Gasteiger partial charge is 0.231 e. The lowest BCUT2D eigenvalue weighted by Gasteiger charge is -1.80. The van der Waals surface area contributed by atoms with Crippen molar-refractivity contribution < 1.29 is 10.2 Å². The summed E-state index contributed by atoms with van der Waals surface area (Å²) in [6.07, 6.45) is 1.45. The molecule has 0 fully saturated rings. The molecule has 0 aromatic carbocycles. The molecule has 3 N–H and O–H groups in total. The van der Waals surface area contributed by atoms with Gasteiger partial charge in [-0.2, -0.15) is 0 Å². The largest absolute Gasteiger partial charge is 0.503 e. The topological polar surface area (TPSA) is 56.2 Å². The summed E-state index contributed by atoms with van der Waals surface area (Å²) in [5.74, 6) is -0.292. The van der Waals surface area contributed by atoms with E-state index < -0.39 is 0 Å². The second-order valence-electron chi connectivity index (χ2n) is 1.21. The Kier molecular flexibility index (Phi) is 0.685. The molecule has 0 radical (unpaired) electrons. The van der Waals surface area contributed by atoms with Crippen LogP contribution in [-0.2, 0) is 0 Å². The van der Waals surface area contributed by atoms with Gasteiger partial charge in [-0.05, 0) is 0 Å². The Morgan fingerprint density at radius 1 is 1.43 bits per heavy atom. The van der Waals surface area contributed by atoms with Crippen LogP contribution in [0.3, 0.4) is 0 Å². The van der Waals surface area contributed by atoms with Crippen LogP contribution >= 0.6 is 0 Å². The van der Waals surface area contributed by atoms with Crippen LogP contribution in [0.4, 0.5) is 0 Å². The molecule has 0 atom stereocenters. The highest BCUT2D eigenvalue weighted by molar-refractivity contribution is 5.29. The van der Waals surface area contributed by atoms with Crippen LogP contribution in [0, 0.1) is 0 Å². The van der Waals surface area contributed by atoms with Gasteiger partial charge in [0.1, 0.15) is 0 Å². The molecule has 0 bridgehead atoms. The van der Waals surface area contributed by atoms with Crippen LogP contribution in [0.15, 0.2) is 12.3 Å². The second-order valence-corrected chi connectivity index (χ2v) is 1.21. The SMILES string of the molecule is Oc1cc[nH]c1O.